The molecule has 1 saturated carbocycles. The Labute approximate surface area is 95.3 Å². The van der Waals surface area contributed by atoms with Crippen molar-refractivity contribution in [3.05, 3.63) is 11.6 Å². The molecule has 1 aromatic rings. The van der Waals surface area contributed by atoms with E-state index < -0.39 is 0 Å². The fourth-order valence-electron chi connectivity index (χ4n) is 1.76. The van der Waals surface area contributed by atoms with E-state index in [0.29, 0.717) is 0 Å². The van der Waals surface area contributed by atoms with Crippen molar-refractivity contribution in [1.29, 1.82) is 0 Å². The number of fused-ring (bicyclic) bond motifs is 1. The zero-order valence-electron chi connectivity index (χ0n) is 7.77. The summed E-state index contributed by atoms with van der Waals surface area (Å²) in [5.41, 5.74) is 0. The van der Waals surface area contributed by atoms with Crippen molar-refractivity contribution in [2.45, 2.75) is 31.8 Å². The highest BCUT2D eigenvalue weighted by Gasteiger charge is 2.30. The van der Waals surface area contributed by atoms with E-state index in [1.165, 1.54) is 18.7 Å². The molecule has 0 atom stereocenters. The Hall–Kier alpha value is -0.320. The molecule has 0 amide bonds. The molecule has 14 heavy (non-hydrogen) atoms. The van der Waals surface area contributed by atoms with Gasteiger partial charge in [-0.3, -0.25) is 0 Å². The molecule has 1 aromatic heterocycles. The zero-order valence-corrected chi connectivity index (χ0v) is 9.40. The van der Waals surface area contributed by atoms with Gasteiger partial charge in [0, 0.05) is 19.0 Å². The quantitative estimate of drug-likeness (QED) is 0.795. The number of nitrogens with zero attached hydrogens (tertiary/aromatic N) is 3. The van der Waals surface area contributed by atoms with Crippen LogP contribution in [0.5, 0.6) is 0 Å². The van der Waals surface area contributed by atoms with Crippen molar-refractivity contribution in [1.82, 2.24) is 20.1 Å². The monoisotopic (exact) mass is 236 g/mol. The molecule has 3 rings (SSSR count). The predicted octanol–water partition coefficient (Wildman–Crippen LogP) is 1.10. The van der Waals surface area contributed by atoms with E-state index >= 15 is 0 Å². The van der Waals surface area contributed by atoms with E-state index in [1.54, 1.807) is 0 Å². The first-order chi connectivity index (χ1) is 5.95. The van der Waals surface area contributed by atoms with Crippen molar-refractivity contribution in [3.63, 3.8) is 0 Å². The van der Waals surface area contributed by atoms with Crippen molar-refractivity contribution in [2.75, 3.05) is 6.54 Å². The second-order valence-corrected chi connectivity index (χ2v) is 3.58. The summed E-state index contributed by atoms with van der Waals surface area (Å²) in [5, 5.41) is 11.7. The lowest BCUT2D eigenvalue weighted by Crippen LogP contribution is -2.29. The van der Waals surface area contributed by atoms with E-state index in [4.69, 9.17) is 0 Å². The minimum Gasteiger partial charge on any atom is -0.312 e. The Balaban J connectivity index is 0.000000490. The van der Waals surface area contributed by atoms with Gasteiger partial charge >= 0.3 is 0 Å². The van der Waals surface area contributed by atoms with E-state index in [0.717, 1.165) is 31.4 Å². The van der Waals surface area contributed by atoms with Crippen LogP contribution < -0.4 is 5.32 Å². The standard InChI is InChI=1S/C8H12N4.2ClH/c1-2-6(1)8-11-10-7-5-9-3-4-12(7)8;;/h6,9H,1-5H2;2*1H. The molecule has 0 saturated heterocycles. The lowest BCUT2D eigenvalue weighted by molar-refractivity contribution is 0.493. The minimum absolute atomic E-state index is 0. The Morgan fingerprint density at radius 1 is 1.21 bits per heavy atom. The summed E-state index contributed by atoms with van der Waals surface area (Å²) >= 11 is 0. The molecule has 1 fully saturated rings. The van der Waals surface area contributed by atoms with Crippen LogP contribution in [0.15, 0.2) is 0 Å². The molecule has 1 aliphatic heterocycles. The number of hydrogen-bond donors (Lipinski definition) is 1. The second kappa shape index (κ2) is 4.47. The smallest absolute Gasteiger partial charge is 0.147 e. The normalized spacial score (nSPS) is 19.1. The lowest BCUT2D eigenvalue weighted by atomic mass is 10.3. The van der Waals surface area contributed by atoms with Crippen LogP contribution in [0.3, 0.4) is 0 Å². The Bertz CT molecular complexity index is 308. The van der Waals surface area contributed by atoms with Gasteiger partial charge in [-0.1, -0.05) is 0 Å². The third-order valence-corrected chi connectivity index (χ3v) is 2.59. The highest BCUT2D eigenvalue weighted by atomic mass is 35.5. The maximum atomic E-state index is 4.23. The summed E-state index contributed by atoms with van der Waals surface area (Å²) in [6.07, 6.45) is 2.62. The SMILES string of the molecule is C1Cn2c(nnc2C2CC2)CN1.Cl.Cl. The summed E-state index contributed by atoms with van der Waals surface area (Å²) in [6, 6.07) is 0. The first-order valence-electron chi connectivity index (χ1n) is 4.58. The lowest BCUT2D eigenvalue weighted by Gasteiger charge is -2.15. The molecule has 0 aromatic carbocycles. The highest BCUT2D eigenvalue weighted by Crippen LogP contribution is 2.39. The molecule has 1 N–H and O–H groups in total. The second-order valence-electron chi connectivity index (χ2n) is 3.58. The fraction of sp³-hybridized carbons (Fsp3) is 0.750. The van der Waals surface area contributed by atoms with Gasteiger partial charge < -0.3 is 9.88 Å². The van der Waals surface area contributed by atoms with Crippen LogP contribution in [-0.2, 0) is 13.1 Å². The Morgan fingerprint density at radius 3 is 2.71 bits per heavy atom. The van der Waals surface area contributed by atoms with Crippen molar-refractivity contribution < 1.29 is 0 Å². The van der Waals surface area contributed by atoms with Gasteiger partial charge in [-0.15, -0.1) is 35.0 Å². The Kier molecular flexibility index (Phi) is 3.75. The van der Waals surface area contributed by atoms with Gasteiger partial charge in [0.15, 0.2) is 0 Å². The first kappa shape index (κ1) is 11.8. The summed E-state index contributed by atoms with van der Waals surface area (Å²) < 4.78 is 2.29. The van der Waals surface area contributed by atoms with E-state index in [-0.39, 0.29) is 24.8 Å². The van der Waals surface area contributed by atoms with Crippen LogP contribution in [0.2, 0.25) is 0 Å². The van der Waals surface area contributed by atoms with Crippen LogP contribution in [-0.4, -0.2) is 21.3 Å². The minimum atomic E-state index is 0. The average Bonchev–Trinajstić information content (AvgIpc) is 2.86. The molecule has 0 radical (unpaired) electrons. The zero-order chi connectivity index (χ0) is 7.97. The summed E-state index contributed by atoms with van der Waals surface area (Å²) in [6.45, 7) is 3.00. The summed E-state index contributed by atoms with van der Waals surface area (Å²) in [5.74, 6) is 3.07. The number of halogens is 2. The van der Waals surface area contributed by atoms with Crippen molar-refractivity contribution in [3.8, 4) is 0 Å². The molecule has 2 aliphatic rings. The molecule has 80 valence electrons. The van der Waals surface area contributed by atoms with Crippen molar-refractivity contribution in [2.24, 2.45) is 0 Å². The fourth-order valence-corrected chi connectivity index (χ4v) is 1.76. The summed E-state index contributed by atoms with van der Waals surface area (Å²) in [4.78, 5) is 0. The van der Waals surface area contributed by atoms with Gasteiger partial charge in [-0.2, -0.15) is 0 Å². The molecule has 6 heteroatoms. The summed E-state index contributed by atoms with van der Waals surface area (Å²) in [7, 11) is 0. The van der Waals surface area contributed by atoms with E-state index in [9.17, 15) is 0 Å². The number of aromatic nitrogens is 3. The van der Waals surface area contributed by atoms with E-state index in [1.807, 2.05) is 0 Å². The van der Waals surface area contributed by atoms with Crippen molar-refractivity contribution >= 4 is 24.8 Å². The maximum Gasteiger partial charge on any atom is 0.147 e. The van der Waals surface area contributed by atoms with Crippen LogP contribution in [0.4, 0.5) is 0 Å². The maximum absolute atomic E-state index is 4.23. The highest BCUT2D eigenvalue weighted by molar-refractivity contribution is 5.85. The largest absolute Gasteiger partial charge is 0.312 e. The van der Waals surface area contributed by atoms with Gasteiger partial charge in [0.05, 0.1) is 6.54 Å². The van der Waals surface area contributed by atoms with Gasteiger partial charge in [0.25, 0.3) is 0 Å². The van der Waals surface area contributed by atoms with Crippen LogP contribution in [0.25, 0.3) is 0 Å². The van der Waals surface area contributed by atoms with Gasteiger partial charge in [0.1, 0.15) is 11.6 Å². The topological polar surface area (TPSA) is 42.7 Å². The number of nitrogens with one attached hydrogen (secondary N) is 1. The molecular weight excluding hydrogens is 223 g/mol. The van der Waals surface area contributed by atoms with Gasteiger partial charge in [-0.25, -0.2) is 0 Å². The molecule has 0 bridgehead atoms. The average molecular weight is 237 g/mol. The Morgan fingerprint density at radius 2 is 2.00 bits per heavy atom. The molecule has 4 nitrogen and oxygen atoms in total. The van der Waals surface area contributed by atoms with Crippen LogP contribution in [0, 0.1) is 0 Å². The molecule has 2 heterocycles. The van der Waals surface area contributed by atoms with E-state index in [2.05, 4.69) is 20.1 Å². The molecule has 0 spiro atoms. The predicted molar refractivity (Wildman–Crippen MR) is 58.2 cm³/mol. The third kappa shape index (κ3) is 1.87. The number of rotatable bonds is 1. The molecule has 0 unspecified atom stereocenters. The van der Waals surface area contributed by atoms with Crippen LogP contribution >= 0.6 is 24.8 Å². The third-order valence-electron chi connectivity index (χ3n) is 2.59. The van der Waals surface area contributed by atoms with Gasteiger partial charge in [-0.05, 0) is 12.8 Å². The molecular formula is C8H14Cl2N4. The van der Waals surface area contributed by atoms with Crippen LogP contribution in [0.1, 0.15) is 30.4 Å². The van der Waals surface area contributed by atoms with Gasteiger partial charge in [0.2, 0.25) is 0 Å². The first-order valence-corrected chi connectivity index (χ1v) is 4.58. The molecule has 1 aliphatic carbocycles. The number of hydrogen-bond acceptors (Lipinski definition) is 3.